The zero-order chi connectivity index (χ0) is 23.9. The fourth-order valence-corrected chi connectivity index (χ4v) is 6.57. The SMILES string of the molecule is Cc1nc(C)c(-c2csc(Nc3ccc(C(=O)N4C5CCC4CN(c4ncccn4)C5)cn3)n2)s1. The third-order valence-electron chi connectivity index (χ3n) is 6.44. The molecule has 11 heteroatoms. The monoisotopic (exact) mass is 504 g/mol. The predicted octanol–water partition coefficient (Wildman–Crippen LogP) is 4.31. The van der Waals surface area contributed by atoms with Crippen LogP contribution in [0.25, 0.3) is 10.6 Å². The fraction of sp³-hybridized carbons (Fsp3) is 0.333. The average Bonchev–Trinajstić information content (AvgIpc) is 3.54. The van der Waals surface area contributed by atoms with Crippen LogP contribution in [-0.2, 0) is 0 Å². The van der Waals surface area contributed by atoms with E-state index in [-0.39, 0.29) is 18.0 Å². The first-order valence-corrected chi connectivity index (χ1v) is 13.2. The molecule has 1 N–H and O–H groups in total. The van der Waals surface area contributed by atoms with Crippen LogP contribution in [0.15, 0.2) is 42.2 Å². The molecular weight excluding hydrogens is 480 g/mol. The van der Waals surface area contributed by atoms with Crippen molar-refractivity contribution in [2.24, 2.45) is 0 Å². The van der Waals surface area contributed by atoms with Crippen LogP contribution >= 0.6 is 22.7 Å². The molecule has 2 saturated heterocycles. The average molecular weight is 505 g/mol. The third kappa shape index (κ3) is 4.25. The van der Waals surface area contributed by atoms with Crippen molar-refractivity contribution in [1.29, 1.82) is 0 Å². The van der Waals surface area contributed by atoms with Crippen molar-refractivity contribution in [1.82, 2.24) is 29.8 Å². The second-order valence-corrected chi connectivity index (χ2v) is 10.9. The van der Waals surface area contributed by atoms with E-state index in [9.17, 15) is 4.79 Å². The van der Waals surface area contributed by atoms with Gasteiger partial charge in [-0.05, 0) is 44.9 Å². The zero-order valence-corrected chi connectivity index (χ0v) is 21.0. The lowest BCUT2D eigenvalue weighted by atomic mass is 10.1. The summed E-state index contributed by atoms with van der Waals surface area (Å²) in [5.74, 6) is 1.44. The number of aromatic nitrogens is 5. The molecule has 4 aromatic rings. The Morgan fingerprint density at radius 3 is 2.49 bits per heavy atom. The summed E-state index contributed by atoms with van der Waals surface area (Å²) in [6, 6.07) is 5.83. The number of anilines is 3. The maximum absolute atomic E-state index is 13.4. The number of pyridine rings is 1. The molecule has 0 aromatic carbocycles. The lowest BCUT2D eigenvalue weighted by Crippen LogP contribution is -2.56. The highest BCUT2D eigenvalue weighted by Crippen LogP contribution is 2.34. The predicted molar refractivity (Wildman–Crippen MR) is 137 cm³/mol. The number of nitrogens with one attached hydrogen (secondary N) is 1. The fourth-order valence-electron chi connectivity index (χ4n) is 4.91. The Hall–Kier alpha value is -3.44. The van der Waals surface area contributed by atoms with Gasteiger partial charge in [-0.3, -0.25) is 4.79 Å². The van der Waals surface area contributed by atoms with Crippen molar-refractivity contribution in [3.63, 3.8) is 0 Å². The van der Waals surface area contributed by atoms with Gasteiger partial charge in [-0.1, -0.05) is 0 Å². The first kappa shape index (κ1) is 22.1. The highest BCUT2D eigenvalue weighted by atomic mass is 32.1. The topological polar surface area (TPSA) is 100 Å². The van der Waals surface area contributed by atoms with Gasteiger partial charge in [0, 0.05) is 37.1 Å². The Morgan fingerprint density at radius 2 is 1.83 bits per heavy atom. The molecule has 178 valence electrons. The molecule has 35 heavy (non-hydrogen) atoms. The summed E-state index contributed by atoms with van der Waals surface area (Å²) in [5, 5.41) is 7.07. The Bertz CT molecular complexity index is 1340. The summed E-state index contributed by atoms with van der Waals surface area (Å²) in [6.45, 7) is 5.52. The summed E-state index contributed by atoms with van der Waals surface area (Å²) < 4.78 is 0. The van der Waals surface area contributed by atoms with Crippen molar-refractivity contribution in [3.8, 4) is 10.6 Å². The lowest BCUT2D eigenvalue weighted by molar-refractivity contribution is 0.0640. The van der Waals surface area contributed by atoms with E-state index in [1.165, 1.54) is 11.3 Å². The van der Waals surface area contributed by atoms with Crippen molar-refractivity contribution in [2.75, 3.05) is 23.3 Å². The summed E-state index contributed by atoms with van der Waals surface area (Å²) in [6.07, 6.45) is 7.17. The number of aryl methyl sites for hydroxylation is 2. The van der Waals surface area contributed by atoms with Crippen LogP contribution in [0.4, 0.5) is 16.9 Å². The van der Waals surface area contributed by atoms with Crippen LogP contribution in [0.5, 0.6) is 0 Å². The molecule has 0 radical (unpaired) electrons. The number of carbonyl (C=O) groups is 1. The lowest BCUT2D eigenvalue weighted by Gasteiger charge is -2.41. The highest BCUT2D eigenvalue weighted by molar-refractivity contribution is 7.16. The number of carbonyl (C=O) groups excluding carboxylic acids is 1. The summed E-state index contributed by atoms with van der Waals surface area (Å²) >= 11 is 3.17. The normalized spacial score (nSPS) is 19.3. The van der Waals surface area contributed by atoms with Gasteiger partial charge in [-0.15, -0.1) is 22.7 Å². The highest BCUT2D eigenvalue weighted by Gasteiger charge is 2.43. The second-order valence-electron chi connectivity index (χ2n) is 8.79. The van der Waals surface area contributed by atoms with E-state index in [0.717, 1.165) is 58.3 Å². The van der Waals surface area contributed by atoms with E-state index >= 15 is 0 Å². The summed E-state index contributed by atoms with van der Waals surface area (Å²) in [7, 11) is 0. The van der Waals surface area contributed by atoms with E-state index in [1.54, 1.807) is 29.9 Å². The molecule has 2 fully saturated rings. The number of rotatable bonds is 5. The molecule has 2 bridgehead atoms. The van der Waals surface area contributed by atoms with Gasteiger partial charge < -0.3 is 15.1 Å². The molecule has 2 atom stereocenters. The van der Waals surface area contributed by atoms with Gasteiger partial charge in [0.25, 0.3) is 5.91 Å². The number of hydrogen-bond donors (Lipinski definition) is 1. The molecule has 0 saturated carbocycles. The Labute approximate surface area is 210 Å². The molecule has 0 spiro atoms. The van der Waals surface area contributed by atoms with E-state index < -0.39 is 0 Å². The minimum Gasteiger partial charge on any atom is -0.337 e. The number of amides is 1. The second kappa shape index (κ2) is 8.97. The van der Waals surface area contributed by atoms with Crippen LogP contribution in [-0.4, -0.2) is 60.9 Å². The first-order chi connectivity index (χ1) is 17.0. The molecule has 2 aliphatic heterocycles. The zero-order valence-electron chi connectivity index (χ0n) is 19.4. The number of piperazine rings is 1. The number of hydrogen-bond acceptors (Lipinski definition) is 10. The minimum absolute atomic E-state index is 0.0396. The Morgan fingerprint density at radius 1 is 1.06 bits per heavy atom. The smallest absolute Gasteiger partial charge is 0.256 e. The molecule has 0 aliphatic carbocycles. The first-order valence-electron chi connectivity index (χ1n) is 11.5. The quantitative estimate of drug-likeness (QED) is 0.429. The van der Waals surface area contributed by atoms with Crippen molar-refractivity contribution < 1.29 is 4.79 Å². The van der Waals surface area contributed by atoms with Crippen molar-refractivity contribution in [3.05, 3.63) is 58.4 Å². The van der Waals surface area contributed by atoms with Crippen molar-refractivity contribution >= 4 is 45.5 Å². The molecule has 4 aromatic heterocycles. The van der Waals surface area contributed by atoms with Crippen LogP contribution in [0, 0.1) is 13.8 Å². The molecule has 1 amide bonds. The van der Waals surface area contributed by atoms with E-state index in [0.29, 0.717) is 11.4 Å². The summed E-state index contributed by atoms with van der Waals surface area (Å²) in [4.78, 5) is 41.1. The Balaban J connectivity index is 1.13. The Kier molecular flexibility index (Phi) is 5.65. The van der Waals surface area contributed by atoms with Gasteiger partial charge in [0.1, 0.15) is 5.82 Å². The van der Waals surface area contributed by atoms with Gasteiger partial charge in [0.05, 0.1) is 38.9 Å². The molecule has 6 rings (SSSR count). The summed E-state index contributed by atoms with van der Waals surface area (Å²) in [5.41, 5.74) is 2.52. The molecular formula is C24H24N8OS2. The van der Waals surface area contributed by atoms with Gasteiger partial charge in [-0.2, -0.15) is 0 Å². The van der Waals surface area contributed by atoms with Crippen LogP contribution < -0.4 is 10.2 Å². The minimum atomic E-state index is 0.0396. The molecule has 2 unspecified atom stereocenters. The van der Waals surface area contributed by atoms with Gasteiger partial charge in [0.2, 0.25) is 5.95 Å². The number of nitrogens with zero attached hydrogens (tertiary/aromatic N) is 7. The number of fused-ring (bicyclic) bond motifs is 2. The maximum Gasteiger partial charge on any atom is 0.256 e. The maximum atomic E-state index is 13.4. The number of thiazole rings is 2. The third-order valence-corrected chi connectivity index (χ3v) is 8.29. The van der Waals surface area contributed by atoms with Crippen LogP contribution in [0.3, 0.4) is 0 Å². The largest absolute Gasteiger partial charge is 0.337 e. The van der Waals surface area contributed by atoms with Gasteiger partial charge in [0.15, 0.2) is 5.13 Å². The molecule has 2 aliphatic rings. The molecule has 6 heterocycles. The van der Waals surface area contributed by atoms with E-state index in [2.05, 4.69) is 35.1 Å². The van der Waals surface area contributed by atoms with Crippen molar-refractivity contribution in [2.45, 2.75) is 38.8 Å². The van der Waals surface area contributed by atoms with E-state index in [4.69, 9.17) is 0 Å². The van der Waals surface area contributed by atoms with Crippen LogP contribution in [0.1, 0.15) is 33.9 Å². The standard InChI is InChI=1S/C24H24N8OS2/c1-14-21(35-15(2)28-14)19-13-34-24(29-19)30-20-7-4-16(10-27-20)22(33)32-17-5-6-18(32)12-31(11-17)23-25-8-3-9-26-23/h3-4,7-10,13,17-18H,5-6,11-12H2,1-2H3,(H,27,29,30). The van der Waals surface area contributed by atoms with Crippen LogP contribution in [0.2, 0.25) is 0 Å². The van der Waals surface area contributed by atoms with Gasteiger partial charge in [-0.25, -0.2) is 24.9 Å². The van der Waals surface area contributed by atoms with E-state index in [1.807, 2.05) is 42.3 Å². The van der Waals surface area contributed by atoms with Gasteiger partial charge >= 0.3 is 0 Å². The molecule has 9 nitrogen and oxygen atoms in total.